The van der Waals surface area contributed by atoms with Crippen molar-refractivity contribution in [3.05, 3.63) is 54.1 Å². The second kappa shape index (κ2) is 8.02. The Balaban J connectivity index is 1.99. The summed E-state index contributed by atoms with van der Waals surface area (Å²) in [5.74, 6) is 0.960. The van der Waals surface area contributed by atoms with Gasteiger partial charge < -0.3 is 5.32 Å². The van der Waals surface area contributed by atoms with Crippen LogP contribution in [-0.4, -0.2) is 22.3 Å². The minimum atomic E-state index is 0.245. The topological polar surface area (TPSA) is 37.8 Å². The van der Waals surface area contributed by atoms with E-state index in [2.05, 4.69) is 53.4 Å². The first-order valence-electron chi connectivity index (χ1n) is 6.98. The number of rotatable bonds is 7. The third kappa shape index (κ3) is 4.62. The van der Waals surface area contributed by atoms with Crippen LogP contribution in [0.2, 0.25) is 0 Å². The van der Waals surface area contributed by atoms with Crippen LogP contribution < -0.4 is 5.32 Å². The molecule has 20 heavy (non-hydrogen) atoms. The summed E-state index contributed by atoms with van der Waals surface area (Å²) in [5.41, 5.74) is 2.31. The van der Waals surface area contributed by atoms with Crippen molar-refractivity contribution >= 4 is 11.8 Å². The average molecular weight is 287 g/mol. The smallest absolute Gasteiger partial charge is 0.0764 e. The number of nitrogens with zero attached hydrogens (tertiary/aromatic N) is 2. The Kier molecular flexibility index (Phi) is 6.02. The Morgan fingerprint density at radius 3 is 2.65 bits per heavy atom. The lowest BCUT2D eigenvalue weighted by atomic mass is 10.2. The molecule has 0 aliphatic carbocycles. The summed E-state index contributed by atoms with van der Waals surface area (Å²) in [6, 6.07) is 8.90. The van der Waals surface area contributed by atoms with Gasteiger partial charge in [-0.15, -0.1) is 11.8 Å². The molecule has 0 radical (unpaired) electrons. The molecule has 0 amide bonds. The van der Waals surface area contributed by atoms with Crippen LogP contribution >= 0.6 is 11.8 Å². The van der Waals surface area contributed by atoms with Crippen molar-refractivity contribution in [1.82, 2.24) is 15.3 Å². The van der Waals surface area contributed by atoms with E-state index in [1.54, 1.807) is 12.4 Å². The maximum absolute atomic E-state index is 4.42. The van der Waals surface area contributed by atoms with Crippen molar-refractivity contribution in [3.8, 4) is 0 Å². The van der Waals surface area contributed by atoms with Crippen LogP contribution in [0.4, 0.5) is 0 Å². The highest BCUT2D eigenvalue weighted by Gasteiger charge is 2.12. The molecule has 1 aromatic carbocycles. The normalized spacial score (nSPS) is 12.3. The monoisotopic (exact) mass is 287 g/mol. The van der Waals surface area contributed by atoms with Gasteiger partial charge in [0.1, 0.15) is 0 Å². The maximum Gasteiger partial charge on any atom is 0.0764 e. The minimum absolute atomic E-state index is 0.245. The lowest BCUT2D eigenvalue weighted by Crippen LogP contribution is -2.25. The van der Waals surface area contributed by atoms with E-state index in [4.69, 9.17) is 0 Å². The Morgan fingerprint density at radius 1 is 1.20 bits per heavy atom. The first-order chi connectivity index (χ1) is 9.79. The van der Waals surface area contributed by atoms with E-state index in [-0.39, 0.29) is 6.04 Å². The largest absolute Gasteiger partial charge is 0.308 e. The molecule has 106 valence electrons. The molecule has 0 spiro atoms. The zero-order chi connectivity index (χ0) is 14.2. The third-order valence-electron chi connectivity index (χ3n) is 3.02. The number of hydrogen-bond acceptors (Lipinski definition) is 4. The average Bonchev–Trinajstić information content (AvgIpc) is 2.50. The molecule has 1 N–H and O–H groups in total. The number of aromatic nitrogens is 2. The summed E-state index contributed by atoms with van der Waals surface area (Å²) in [6.07, 6.45) is 6.44. The third-order valence-corrected chi connectivity index (χ3v) is 4.12. The van der Waals surface area contributed by atoms with Gasteiger partial charge in [-0.05, 0) is 32.0 Å². The number of nitrogens with one attached hydrogen (secondary N) is 1. The molecule has 1 aromatic heterocycles. The maximum atomic E-state index is 4.42. The molecular weight excluding hydrogens is 266 g/mol. The quantitative estimate of drug-likeness (QED) is 0.789. The van der Waals surface area contributed by atoms with Crippen molar-refractivity contribution in [2.75, 3.05) is 12.3 Å². The highest BCUT2D eigenvalue weighted by atomic mass is 32.2. The van der Waals surface area contributed by atoms with Gasteiger partial charge in [-0.1, -0.05) is 24.6 Å². The standard InChI is InChI=1S/C16H21N3S/c1-3-8-18-16(15-11-17-9-10-19-15)12-20-14-6-4-13(2)5-7-14/h4-7,9-11,16,18H,3,8,12H2,1-2H3. The lowest BCUT2D eigenvalue weighted by Gasteiger charge is -2.17. The molecule has 3 nitrogen and oxygen atoms in total. The van der Waals surface area contributed by atoms with Crippen LogP contribution in [0.25, 0.3) is 0 Å². The second-order valence-electron chi connectivity index (χ2n) is 4.76. The van der Waals surface area contributed by atoms with Gasteiger partial charge >= 0.3 is 0 Å². The second-order valence-corrected chi connectivity index (χ2v) is 5.85. The number of benzene rings is 1. The lowest BCUT2D eigenvalue weighted by molar-refractivity contribution is 0.563. The van der Waals surface area contributed by atoms with E-state index < -0.39 is 0 Å². The predicted octanol–water partition coefficient (Wildman–Crippen LogP) is 3.62. The summed E-state index contributed by atoms with van der Waals surface area (Å²) in [6.45, 7) is 5.28. The molecule has 1 heterocycles. The van der Waals surface area contributed by atoms with Gasteiger partial charge in [0.25, 0.3) is 0 Å². The highest BCUT2D eigenvalue weighted by molar-refractivity contribution is 7.99. The van der Waals surface area contributed by atoms with E-state index in [0.717, 1.165) is 24.4 Å². The van der Waals surface area contributed by atoms with Gasteiger partial charge in [0.2, 0.25) is 0 Å². The molecule has 0 bridgehead atoms. The van der Waals surface area contributed by atoms with Crippen LogP contribution in [0.3, 0.4) is 0 Å². The van der Waals surface area contributed by atoms with Crippen molar-refractivity contribution in [1.29, 1.82) is 0 Å². The Morgan fingerprint density at radius 2 is 2.00 bits per heavy atom. The molecule has 4 heteroatoms. The molecule has 1 unspecified atom stereocenters. The molecule has 2 aromatic rings. The molecule has 0 saturated heterocycles. The molecule has 1 atom stereocenters. The number of thioether (sulfide) groups is 1. The van der Waals surface area contributed by atoms with Crippen LogP contribution in [0, 0.1) is 6.92 Å². The molecule has 0 saturated carbocycles. The van der Waals surface area contributed by atoms with Crippen molar-refractivity contribution < 1.29 is 0 Å². The van der Waals surface area contributed by atoms with Gasteiger partial charge in [-0.2, -0.15) is 0 Å². The van der Waals surface area contributed by atoms with Crippen molar-refractivity contribution in [2.24, 2.45) is 0 Å². The number of aryl methyl sites for hydroxylation is 1. The summed E-state index contributed by atoms with van der Waals surface area (Å²) in [7, 11) is 0. The van der Waals surface area contributed by atoms with Gasteiger partial charge in [0, 0.05) is 29.2 Å². The summed E-state index contributed by atoms with van der Waals surface area (Å²) >= 11 is 1.85. The Hall–Kier alpha value is -1.39. The van der Waals surface area contributed by atoms with Crippen molar-refractivity contribution in [2.45, 2.75) is 31.2 Å². The minimum Gasteiger partial charge on any atom is -0.308 e. The summed E-state index contributed by atoms with van der Waals surface area (Å²) in [4.78, 5) is 9.88. The summed E-state index contributed by atoms with van der Waals surface area (Å²) < 4.78 is 0. The highest BCUT2D eigenvalue weighted by Crippen LogP contribution is 2.24. The van der Waals surface area contributed by atoms with Crippen molar-refractivity contribution in [3.63, 3.8) is 0 Å². The fraction of sp³-hybridized carbons (Fsp3) is 0.375. The van der Waals surface area contributed by atoms with E-state index in [1.165, 1.54) is 10.5 Å². The van der Waals surface area contributed by atoms with Gasteiger partial charge in [-0.3, -0.25) is 9.97 Å². The van der Waals surface area contributed by atoms with E-state index in [9.17, 15) is 0 Å². The predicted molar refractivity (Wildman–Crippen MR) is 85.0 cm³/mol. The van der Waals surface area contributed by atoms with E-state index in [0.29, 0.717) is 0 Å². The SMILES string of the molecule is CCCNC(CSc1ccc(C)cc1)c1cnccn1. The first-order valence-corrected chi connectivity index (χ1v) is 7.97. The summed E-state index contributed by atoms with van der Waals surface area (Å²) in [5, 5.41) is 3.54. The zero-order valence-corrected chi connectivity index (χ0v) is 12.9. The molecule has 0 aliphatic heterocycles. The van der Waals surface area contributed by atoms with Gasteiger partial charge in [-0.25, -0.2) is 0 Å². The van der Waals surface area contributed by atoms with Crippen LogP contribution in [0.15, 0.2) is 47.8 Å². The molecule has 0 aliphatic rings. The zero-order valence-electron chi connectivity index (χ0n) is 12.0. The Labute approximate surface area is 125 Å². The molecular formula is C16H21N3S. The van der Waals surface area contributed by atoms with Gasteiger partial charge in [0.05, 0.1) is 11.7 Å². The number of hydrogen-bond donors (Lipinski definition) is 1. The Bertz CT molecular complexity index is 499. The van der Waals surface area contributed by atoms with E-state index >= 15 is 0 Å². The van der Waals surface area contributed by atoms with Crippen LogP contribution in [-0.2, 0) is 0 Å². The fourth-order valence-corrected chi connectivity index (χ4v) is 2.85. The van der Waals surface area contributed by atoms with Crippen LogP contribution in [0.5, 0.6) is 0 Å². The van der Waals surface area contributed by atoms with Crippen LogP contribution in [0.1, 0.15) is 30.6 Å². The molecule has 2 rings (SSSR count). The fourth-order valence-electron chi connectivity index (χ4n) is 1.87. The van der Waals surface area contributed by atoms with E-state index in [1.807, 2.05) is 18.0 Å². The molecule has 0 fully saturated rings. The van der Waals surface area contributed by atoms with Gasteiger partial charge in [0.15, 0.2) is 0 Å². The first kappa shape index (κ1) is 15.0.